The largest absolute Gasteiger partial charge is 0.393 e. The molecule has 1 nitrogen and oxygen atoms in total. The molecule has 0 bridgehead atoms. The quantitative estimate of drug-likeness (QED) is 0.642. The van der Waals surface area contributed by atoms with E-state index in [1.165, 1.54) is 25.7 Å². The van der Waals surface area contributed by atoms with Crippen molar-refractivity contribution in [2.24, 2.45) is 5.41 Å². The summed E-state index contributed by atoms with van der Waals surface area (Å²) in [6, 6.07) is 0. The van der Waals surface area contributed by atoms with E-state index in [9.17, 15) is 5.11 Å². The Balaban J connectivity index is 3.50. The van der Waals surface area contributed by atoms with Crippen molar-refractivity contribution in [3.63, 3.8) is 0 Å². The van der Waals surface area contributed by atoms with Gasteiger partial charge in [-0.05, 0) is 31.1 Å². The van der Waals surface area contributed by atoms with E-state index in [1.807, 2.05) is 6.92 Å². The molecule has 0 aromatic carbocycles. The van der Waals surface area contributed by atoms with Crippen LogP contribution in [0.5, 0.6) is 0 Å². The van der Waals surface area contributed by atoms with Crippen LogP contribution in [0, 0.1) is 5.41 Å². The lowest BCUT2D eigenvalue weighted by molar-refractivity contribution is 0.149. The van der Waals surface area contributed by atoms with Gasteiger partial charge in [0.1, 0.15) is 0 Å². The van der Waals surface area contributed by atoms with Gasteiger partial charge in [-0.3, -0.25) is 0 Å². The van der Waals surface area contributed by atoms with Crippen LogP contribution in [-0.4, -0.2) is 11.2 Å². The Morgan fingerprint density at radius 3 is 2.23 bits per heavy atom. The average Bonchev–Trinajstić information content (AvgIpc) is 2.03. The van der Waals surface area contributed by atoms with Gasteiger partial charge in [-0.25, -0.2) is 0 Å². The minimum Gasteiger partial charge on any atom is -0.393 e. The Bertz CT molecular complexity index is 118. The van der Waals surface area contributed by atoms with Gasteiger partial charge in [0.2, 0.25) is 0 Å². The predicted octanol–water partition coefficient (Wildman–Crippen LogP) is 3.75. The number of hydrogen-bond donors (Lipinski definition) is 1. The lowest BCUT2D eigenvalue weighted by Gasteiger charge is -2.24. The molecule has 0 aromatic heterocycles. The third kappa shape index (κ3) is 7.06. The molecule has 0 amide bonds. The SMILES string of the molecule is CCCC(C)(C)CCCC(O)CC. The van der Waals surface area contributed by atoms with E-state index in [2.05, 4.69) is 20.8 Å². The van der Waals surface area contributed by atoms with E-state index in [-0.39, 0.29) is 6.10 Å². The van der Waals surface area contributed by atoms with Crippen LogP contribution in [-0.2, 0) is 0 Å². The van der Waals surface area contributed by atoms with Gasteiger partial charge in [0.15, 0.2) is 0 Å². The topological polar surface area (TPSA) is 20.2 Å². The van der Waals surface area contributed by atoms with E-state index < -0.39 is 0 Å². The van der Waals surface area contributed by atoms with E-state index in [0.717, 1.165) is 12.8 Å². The summed E-state index contributed by atoms with van der Waals surface area (Å²) in [7, 11) is 0. The van der Waals surface area contributed by atoms with Crippen molar-refractivity contribution >= 4 is 0 Å². The van der Waals surface area contributed by atoms with Gasteiger partial charge >= 0.3 is 0 Å². The predicted molar refractivity (Wildman–Crippen MR) is 58.8 cm³/mol. The molecule has 1 atom stereocenters. The van der Waals surface area contributed by atoms with Gasteiger partial charge < -0.3 is 5.11 Å². The molecule has 0 radical (unpaired) electrons. The number of aliphatic hydroxyl groups excluding tert-OH is 1. The molecule has 0 heterocycles. The normalized spacial score (nSPS) is 14.5. The first-order valence-corrected chi connectivity index (χ1v) is 5.70. The fourth-order valence-corrected chi connectivity index (χ4v) is 1.82. The molecule has 0 aliphatic heterocycles. The van der Waals surface area contributed by atoms with Crippen LogP contribution in [0.4, 0.5) is 0 Å². The highest BCUT2D eigenvalue weighted by Gasteiger charge is 2.16. The summed E-state index contributed by atoms with van der Waals surface area (Å²) in [4.78, 5) is 0. The fourth-order valence-electron chi connectivity index (χ4n) is 1.82. The van der Waals surface area contributed by atoms with Gasteiger partial charge in [-0.15, -0.1) is 0 Å². The highest BCUT2D eigenvalue weighted by molar-refractivity contribution is 4.68. The second-order valence-corrected chi connectivity index (χ2v) is 4.87. The fraction of sp³-hybridized carbons (Fsp3) is 1.00. The first-order chi connectivity index (χ1) is 6.02. The number of hydrogen-bond acceptors (Lipinski definition) is 1. The molecule has 1 unspecified atom stereocenters. The third-order valence-corrected chi connectivity index (χ3v) is 2.79. The lowest BCUT2D eigenvalue weighted by Crippen LogP contribution is -2.12. The van der Waals surface area contributed by atoms with Gasteiger partial charge in [0.05, 0.1) is 6.10 Å². The Morgan fingerprint density at radius 1 is 1.15 bits per heavy atom. The first-order valence-electron chi connectivity index (χ1n) is 5.70. The maximum atomic E-state index is 9.38. The monoisotopic (exact) mass is 186 g/mol. The van der Waals surface area contributed by atoms with Crippen molar-refractivity contribution in [3.8, 4) is 0 Å². The Kier molecular flexibility index (Phi) is 6.40. The molecule has 0 fully saturated rings. The summed E-state index contributed by atoms with van der Waals surface area (Å²) in [5.74, 6) is 0. The minimum atomic E-state index is -0.0718. The van der Waals surface area contributed by atoms with Crippen molar-refractivity contribution in [2.75, 3.05) is 0 Å². The van der Waals surface area contributed by atoms with Crippen LogP contribution in [0.15, 0.2) is 0 Å². The Morgan fingerprint density at radius 2 is 1.77 bits per heavy atom. The van der Waals surface area contributed by atoms with Gasteiger partial charge in [0, 0.05) is 0 Å². The molecule has 1 heteroatoms. The van der Waals surface area contributed by atoms with E-state index >= 15 is 0 Å². The van der Waals surface area contributed by atoms with Crippen molar-refractivity contribution in [1.29, 1.82) is 0 Å². The number of aliphatic hydroxyl groups is 1. The van der Waals surface area contributed by atoms with Crippen LogP contribution >= 0.6 is 0 Å². The maximum Gasteiger partial charge on any atom is 0.0537 e. The molecular weight excluding hydrogens is 160 g/mol. The van der Waals surface area contributed by atoms with Gasteiger partial charge in [-0.1, -0.05) is 40.5 Å². The van der Waals surface area contributed by atoms with Crippen molar-refractivity contribution in [1.82, 2.24) is 0 Å². The third-order valence-electron chi connectivity index (χ3n) is 2.79. The summed E-state index contributed by atoms with van der Waals surface area (Å²) in [6.07, 6.45) is 6.79. The maximum absolute atomic E-state index is 9.38. The standard InChI is InChI=1S/C12H26O/c1-5-9-12(3,4)10-7-8-11(13)6-2/h11,13H,5-10H2,1-4H3. The zero-order chi connectivity index (χ0) is 10.3. The molecule has 0 spiro atoms. The zero-order valence-corrected chi connectivity index (χ0v) is 9.77. The summed E-state index contributed by atoms with van der Waals surface area (Å²) in [5.41, 5.74) is 0.474. The zero-order valence-electron chi connectivity index (χ0n) is 9.77. The molecule has 13 heavy (non-hydrogen) atoms. The molecule has 0 aromatic rings. The van der Waals surface area contributed by atoms with Crippen molar-refractivity contribution in [2.45, 2.75) is 72.3 Å². The second kappa shape index (κ2) is 6.42. The average molecular weight is 186 g/mol. The molecule has 0 saturated carbocycles. The molecule has 80 valence electrons. The summed E-state index contributed by atoms with van der Waals surface area (Å²) < 4.78 is 0. The molecule has 0 saturated heterocycles. The molecule has 0 aliphatic carbocycles. The Hall–Kier alpha value is -0.0400. The van der Waals surface area contributed by atoms with Gasteiger partial charge in [0.25, 0.3) is 0 Å². The van der Waals surface area contributed by atoms with Crippen LogP contribution in [0.3, 0.4) is 0 Å². The second-order valence-electron chi connectivity index (χ2n) is 4.87. The lowest BCUT2D eigenvalue weighted by atomic mass is 9.82. The molecule has 0 rings (SSSR count). The smallest absolute Gasteiger partial charge is 0.0537 e. The van der Waals surface area contributed by atoms with Crippen LogP contribution in [0.1, 0.15) is 66.2 Å². The highest BCUT2D eigenvalue weighted by atomic mass is 16.3. The van der Waals surface area contributed by atoms with E-state index in [1.54, 1.807) is 0 Å². The van der Waals surface area contributed by atoms with Crippen LogP contribution in [0.2, 0.25) is 0 Å². The van der Waals surface area contributed by atoms with Crippen molar-refractivity contribution < 1.29 is 5.11 Å². The highest BCUT2D eigenvalue weighted by Crippen LogP contribution is 2.29. The summed E-state index contributed by atoms with van der Waals surface area (Å²) in [5, 5.41) is 9.38. The number of rotatable bonds is 7. The first kappa shape index (κ1) is 13.0. The van der Waals surface area contributed by atoms with Crippen LogP contribution < -0.4 is 0 Å². The minimum absolute atomic E-state index is 0.0718. The van der Waals surface area contributed by atoms with Gasteiger partial charge in [-0.2, -0.15) is 0 Å². The Labute approximate surface area is 83.5 Å². The molecular formula is C12H26O. The van der Waals surface area contributed by atoms with E-state index in [4.69, 9.17) is 0 Å². The van der Waals surface area contributed by atoms with Crippen molar-refractivity contribution in [3.05, 3.63) is 0 Å². The summed E-state index contributed by atoms with van der Waals surface area (Å²) >= 11 is 0. The molecule has 0 aliphatic rings. The van der Waals surface area contributed by atoms with E-state index in [0.29, 0.717) is 5.41 Å². The molecule has 1 N–H and O–H groups in total. The van der Waals surface area contributed by atoms with Crippen LogP contribution in [0.25, 0.3) is 0 Å². The summed E-state index contributed by atoms with van der Waals surface area (Å²) in [6.45, 7) is 8.94.